The van der Waals surface area contributed by atoms with E-state index in [0.717, 1.165) is 0 Å². The second-order valence-electron chi connectivity index (χ2n) is 7.87. The van der Waals surface area contributed by atoms with E-state index in [1.807, 2.05) is 0 Å². The predicted octanol–water partition coefficient (Wildman–Crippen LogP) is 3.15. The third-order valence-corrected chi connectivity index (χ3v) is 5.03. The van der Waals surface area contributed by atoms with Gasteiger partial charge >= 0.3 is 0 Å². The molecular formula is C26H26N4O4. The van der Waals surface area contributed by atoms with Crippen LogP contribution in [0.4, 0.5) is 5.69 Å². The van der Waals surface area contributed by atoms with Crippen LogP contribution in [0, 0.1) is 5.92 Å². The van der Waals surface area contributed by atoms with Crippen molar-refractivity contribution in [3.05, 3.63) is 102 Å². The summed E-state index contributed by atoms with van der Waals surface area (Å²) >= 11 is 0. The average Bonchev–Trinajstić information content (AvgIpc) is 2.86. The van der Waals surface area contributed by atoms with Crippen LogP contribution in [-0.2, 0) is 4.79 Å². The number of hydrazine groups is 1. The van der Waals surface area contributed by atoms with E-state index in [2.05, 4.69) is 21.5 Å². The highest BCUT2D eigenvalue weighted by molar-refractivity contribution is 6.09. The monoisotopic (exact) mass is 458 g/mol. The molecule has 34 heavy (non-hydrogen) atoms. The lowest BCUT2D eigenvalue weighted by Gasteiger charge is -2.22. The second-order valence-corrected chi connectivity index (χ2v) is 7.87. The van der Waals surface area contributed by atoms with E-state index in [1.165, 1.54) is 0 Å². The lowest BCUT2D eigenvalue weighted by Crippen LogP contribution is -2.54. The molecule has 0 spiro atoms. The quantitative estimate of drug-likeness (QED) is 0.407. The molecule has 3 aromatic carbocycles. The highest BCUT2D eigenvalue weighted by Gasteiger charge is 2.26. The molecule has 0 aliphatic carbocycles. The Balaban J connectivity index is 1.68. The van der Waals surface area contributed by atoms with Crippen molar-refractivity contribution in [2.75, 3.05) is 5.32 Å². The van der Waals surface area contributed by atoms with Crippen molar-refractivity contribution in [3.63, 3.8) is 0 Å². The van der Waals surface area contributed by atoms with Gasteiger partial charge in [0.25, 0.3) is 23.6 Å². The molecule has 3 aromatic rings. The lowest BCUT2D eigenvalue weighted by atomic mass is 10.0. The summed E-state index contributed by atoms with van der Waals surface area (Å²) < 4.78 is 0. The van der Waals surface area contributed by atoms with Crippen molar-refractivity contribution in [2.24, 2.45) is 5.92 Å². The van der Waals surface area contributed by atoms with Crippen molar-refractivity contribution in [2.45, 2.75) is 19.9 Å². The third-order valence-electron chi connectivity index (χ3n) is 5.03. The Hall–Kier alpha value is -4.46. The molecule has 0 fully saturated rings. The van der Waals surface area contributed by atoms with Crippen molar-refractivity contribution in [1.82, 2.24) is 16.2 Å². The van der Waals surface area contributed by atoms with E-state index in [-0.39, 0.29) is 17.4 Å². The Morgan fingerprint density at radius 3 is 1.74 bits per heavy atom. The molecule has 0 heterocycles. The number of hydrogen-bond acceptors (Lipinski definition) is 4. The molecule has 8 heteroatoms. The fourth-order valence-electron chi connectivity index (χ4n) is 3.19. The van der Waals surface area contributed by atoms with Gasteiger partial charge in [0.1, 0.15) is 6.04 Å². The summed E-state index contributed by atoms with van der Waals surface area (Å²) in [4.78, 5) is 50.5. The fourth-order valence-corrected chi connectivity index (χ4v) is 3.19. The van der Waals surface area contributed by atoms with Gasteiger partial charge in [-0.1, -0.05) is 62.4 Å². The maximum Gasteiger partial charge on any atom is 0.269 e. The fraction of sp³-hybridized carbons (Fsp3) is 0.154. The molecule has 0 saturated heterocycles. The minimum absolute atomic E-state index is 0.207. The topological polar surface area (TPSA) is 116 Å². The molecule has 174 valence electrons. The molecule has 1 atom stereocenters. The van der Waals surface area contributed by atoms with Crippen molar-refractivity contribution in [1.29, 1.82) is 0 Å². The van der Waals surface area contributed by atoms with Gasteiger partial charge in [-0.3, -0.25) is 30.0 Å². The second kappa shape index (κ2) is 11.4. The summed E-state index contributed by atoms with van der Waals surface area (Å²) in [6.45, 7) is 3.54. The summed E-state index contributed by atoms with van der Waals surface area (Å²) in [6.07, 6.45) is 0. The van der Waals surface area contributed by atoms with Crippen LogP contribution in [-0.4, -0.2) is 29.7 Å². The predicted molar refractivity (Wildman–Crippen MR) is 129 cm³/mol. The SMILES string of the molecule is CC(C)[C@@H](NC(=O)c1ccccc1NC(=O)c1ccccc1)C(=O)NNC(=O)c1ccccc1. The summed E-state index contributed by atoms with van der Waals surface area (Å²) in [7, 11) is 0. The third kappa shape index (κ3) is 6.29. The number of hydrogen-bond donors (Lipinski definition) is 4. The van der Waals surface area contributed by atoms with Crippen molar-refractivity contribution in [3.8, 4) is 0 Å². The summed E-state index contributed by atoms with van der Waals surface area (Å²) in [6, 6.07) is 22.7. The molecule has 0 aliphatic heterocycles. The Morgan fingerprint density at radius 2 is 1.15 bits per heavy atom. The van der Waals surface area contributed by atoms with Gasteiger partial charge < -0.3 is 10.6 Å². The zero-order valence-corrected chi connectivity index (χ0v) is 18.9. The zero-order valence-electron chi connectivity index (χ0n) is 18.9. The van der Waals surface area contributed by atoms with Crippen molar-refractivity contribution < 1.29 is 19.2 Å². The van der Waals surface area contributed by atoms with Crippen LogP contribution >= 0.6 is 0 Å². The van der Waals surface area contributed by atoms with Gasteiger partial charge in [-0.15, -0.1) is 0 Å². The van der Waals surface area contributed by atoms with E-state index < -0.39 is 23.8 Å². The molecule has 0 unspecified atom stereocenters. The highest BCUT2D eigenvalue weighted by Crippen LogP contribution is 2.17. The maximum absolute atomic E-state index is 13.0. The van der Waals surface area contributed by atoms with E-state index in [1.54, 1.807) is 98.8 Å². The van der Waals surface area contributed by atoms with E-state index in [4.69, 9.17) is 0 Å². The Morgan fingerprint density at radius 1 is 0.618 bits per heavy atom. The van der Waals surface area contributed by atoms with Gasteiger partial charge in [0, 0.05) is 11.1 Å². The van der Waals surface area contributed by atoms with E-state index in [0.29, 0.717) is 16.8 Å². The molecule has 3 rings (SSSR count). The molecule has 8 nitrogen and oxygen atoms in total. The average molecular weight is 459 g/mol. The standard InChI is InChI=1S/C26H26N4O4/c1-17(2)22(26(34)30-29-24(32)19-13-7-4-8-14-19)28-25(33)20-15-9-10-16-21(20)27-23(31)18-11-5-3-6-12-18/h3-17,22H,1-2H3,(H,27,31)(H,28,33)(H,29,32)(H,30,34)/t22-/m1/s1. The molecule has 4 amide bonds. The Kier molecular flexibility index (Phi) is 8.12. The van der Waals surface area contributed by atoms with Gasteiger partial charge in [0.2, 0.25) is 0 Å². The highest BCUT2D eigenvalue weighted by atomic mass is 16.2. The van der Waals surface area contributed by atoms with Crippen LogP contribution in [0.3, 0.4) is 0 Å². The molecule has 4 N–H and O–H groups in total. The zero-order chi connectivity index (χ0) is 24.5. The van der Waals surface area contributed by atoms with Crippen LogP contribution in [0.2, 0.25) is 0 Å². The molecular weight excluding hydrogens is 432 g/mol. The van der Waals surface area contributed by atoms with Crippen LogP contribution in [0.5, 0.6) is 0 Å². The minimum Gasteiger partial charge on any atom is -0.340 e. The summed E-state index contributed by atoms with van der Waals surface area (Å²) in [5.41, 5.74) is 6.08. The number of rotatable bonds is 7. The number of carbonyl (C=O) groups is 4. The first kappa shape index (κ1) is 24.2. The van der Waals surface area contributed by atoms with Gasteiger partial charge in [-0.2, -0.15) is 0 Å². The minimum atomic E-state index is -0.929. The Bertz CT molecular complexity index is 1160. The first-order valence-corrected chi connectivity index (χ1v) is 10.8. The van der Waals surface area contributed by atoms with E-state index in [9.17, 15) is 19.2 Å². The molecule has 0 radical (unpaired) electrons. The molecule has 0 aliphatic rings. The maximum atomic E-state index is 13.0. The molecule has 0 bridgehead atoms. The van der Waals surface area contributed by atoms with Crippen LogP contribution in [0.15, 0.2) is 84.9 Å². The van der Waals surface area contributed by atoms with Gasteiger partial charge in [-0.25, -0.2) is 0 Å². The molecule has 0 aromatic heterocycles. The van der Waals surface area contributed by atoms with Gasteiger partial charge in [0.15, 0.2) is 0 Å². The normalized spacial score (nSPS) is 11.3. The van der Waals surface area contributed by atoms with E-state index >= 15 is 0 Å². The number of nitrogens with one attached hydrogen (secondary N) is 4. The number of benzene rings is 3. The van der Waals surface area contributed by atoms with Gasteiger partial charge in [0.05, 0.1) is 11.3 Å². The summed E-state index contributed by atoms with van der Waals surface area (Å²) in [5, 5.41) is 5.44. The first-order chi connectivity index (χ1) is 16.4. The largest absolute Gasteiger partial charge is 0.340 e. The number of para-hydroxylation sites is 1. The first-order valence-electron chi connectivity index (χ1n) is 10.8. The molecule has 0 saturated carbocycles. The Labute approximate surface area is 197 Å². The number of carbonyl (C=O) groups excluding carboxylic acids is 4. The number of amides is 4. The summed E-state index contributed by atoms with van der Waals surface area (Å²) in [5.74, 6) is -2.21. The van der Waals surface area contributed by atoms with Crippen LogP contribution in [0.1, 0.15) is 44.9 Å². The van der Waals surface area contributed by atoms with Crippen LogP contribution < -0.4 is 21.5 Å². The van der Waals surface area contributed by atoms with Crippen LogP contribution in [0.25, 0.3) is 0 Å². The van der Waals surface area contributed by atoms with Crippen molar-refractivity contribution >= 4 is 29.3 Å². The lowest BCUT2D eigenvalue weighted by molar-refractivity contribution is -0.124. The number of anilines is 1. The van der Waals surface area contributed by atoms with Gasteiger partial charge in [-0.05, 0) is 42.3 Å². The smallest absolute Gasteiger partial charge is 0.269 e.